The Bertz CT molecular complexity index is 1530. The summed E-state index contributed by atoms with van der Waals surface area (Å²) in [7, 11) is -2.67. The topological polar surface area (TPSA) is 128 Å². The summed E-state index contributed by atoms with van der Waals surface area (Å²) in [4.78, 5) is 28.4. The Hall–Kier alpha value is -4.02. The van der Waals surface area contributed by atoms with Gasteiger partial charge in [-0.15, -0.1) is 0 Å². The molecule has 0 saturated heterocycles. The molecule has 174 valence electrons. The third-order valence-electron chi connectivity index (χ3n) is 5.09. The van der Waals surface area contributed by atoms with Crippen molar-refractivity contribution < 1.29 is 22.4 Å². The molecule has 2 heterocycles. The summed E-state index contributed by atoms with van der Waals surface area (Å²) in [5, 5.41) is 3.44. The molecule has 10 heteroatoms. The zero-order valence-electron chi connectivity index (χ0n) is 18.4. The molecule has 0 radical (unpaired) electrons. The van der Waals surface area contributed by atoms with Crippen LogP contribution in [0.2, 0.25) is 0 Å². The molecular formula is C24H21N3O6S. The molecule has 0 aliphatic rings. The number of ether oxygens (including phenoxy) is 1. The number of hydrogen-bond acceptors (Lipinski definition) is 7. The van der Waals surface area contributed by atoms with Gasteiger partial charge in [0.2, 0.25) is 10.0 Å². The zero-order valence-corrected chi connectivity index (χ0v) is 19.2. The summed E-state index contributed by atoms with van der Waals surface area (Å²) in [5.74, 6) is -0.453. The molecule has 9 nitrogen and oxygen atoms in total. The van der Waals surface area contributed by atoms with E-state index in [4.69, 9.17) is 9.15 Å². The molecule has 2 aromatic carbocycles. The highest BCUT2D eigenvalue weighted by Crippen LogP contribution is 2.26. The minimum Gasteiger partial charge on any atom is -0.495 e. The van der Waals surface area contributed by atoms with Gasteiger partial charge in [-0.3, -0.25) is 9.78 Å². The summed E-state index contributed by atoms with van der Waals surface area (Å²) >= 11 is 0. The van der Waals surface area contributed by atoms with Crippen LogP contribution in [0.25, 0.3) is 11.0 Å². The van der Waals surface area contributed by atoms with Gasteiger partial charge in [0.05, 0.1) is 19.3 Å². The number of carbonyl (C=O) groups is 1. The van der Waals surface area contributed by atoms with Crippen LogP contribution in [0, 0.1) is 6.92 Å². The Balaban J connectivity index is 1.60. The second-order valence-electron chi connectivity index (χ2n) is 7.42. The van der Waals surface area contributed by atoms with Gasteiger partial charge in [-0.05, 0) is 55.0 Å². The van der Waals surface area contributed by atoms with Gasteiger partial charge < -0.3 is 14.5 Å². The van der Waals surface area contributed by atoms with Crippen molar-refractivity contribution in [2.45, 2.75) is 18.4 Å². The first-order valence-corrected chi connectivity index (χ1v) is 11.7. The van der Waals surface area contributed by atoms with Crippen LogP contribution < -0.4 is 20.4 Å². The van der Waals surface area contributed by atoms with Gasteiger partial charge in [-0.2, -0.15) is 0 Å². The van der Waals surface area contributed by atoms with Crippen molar-refractivity contribution in [1.82, 2.24) is 9.71 Å². The zero-order chi connectivity index (χ0) is 24.3. The average Bonchev–Trinajstić information content (AvgIpc) is 2.82. The minimum atomic E-state index is -4.01. The lowest BCUT2D eigenvalue weighted by atomic mass is 10.1. The number of nitrogens with zero attached hydrogens (tertiary/aromatic N) is 1. The molecule has 4 rings (SSSR count). The molecule has 0 fully saturated rings. The highest BCUT2D eigenvalue weighted by molar-refractivity contribution is 7.89. The van der Waals surface area contributed by atoms with Crippen molar-refractivity contribution in [3.63, 3.8) is 0 Å². The number of aryl methyl sites for hydroxylation is 1. The number of methoxy groups -OCH3 is 1. The van der Waals surface area contributed by atoms with Gasteiger partial charge in [0.25, 0.3) is 5.91 Å². The molecular weight excluding hydrogens is 458 g/mol. The predicted octanol–water partition coefficient (Wildman–Crippen LogP) is 3.24. The van der Waals surface area contributed by atoms with E-state index in [-0.39, 0.29) is 22.8 Å². The van der Waals surface area contributed by atoms with Crippen LogP contribution in [-0.4, -0.2) is 26.4 Å². The Morgan fingerprint density at radius 1 is 1.09 bits per heavy atom. The van der Waals surface area contributed by atoms with Gasteiger partial charge >= 0.3 is 5.63 Å². The van der Waals surface area contributed by atoms with Crippen LogP contribution in [0.15, 0.2) is 81.0 Å². The van der Waals surface area contributed by atoms with E-state index in [1.165, 1.54) is 37.4 Å². The van der Waals surface area contributed by atoms with E-state index in [1.54, 1.807) is 43.5 Å². The molecule has 0 aliphatic heterocycles. The fourth-order valence-corrected chi connectivity index (χ4v) is 4.58. The first-order valence-electron chi connectivity index (χ1n) is 10.2. The third-order valence-corrected chi connectivity index (χ3v) is 6.52. The molecule has 4 aromatic rings. The van der Waals surface area contributed by atoms with Crippen molar-refractivity contribution in [2.24, 2.45) is 0 Å². The van der Waals surface area contributed by atoms with Crippen LogP contribution >= 0.6 is 0 Å². The largest absolute Gasteiger partial charge is 0.495 e. The number of carbonyl (C=O) groups excluding carboxylic acids is 1. The van der Waals surface area contributed by atoms with Crippen molar-refractivity contribution in [3.05, 3.63) is 94.1 Å². The number of rotatable bonds is 7. The fourth-order valence-electron chi connectivity index (χ4n) is 3.38. The summed E-state index contributed by atoms with van der Waals surface area (Å²) in [5.41, 5.74) is 1.63. The second-order valence-corrected chi connectivity index (χ2v) is 9.16. The van der Waals surface area contributed by atoms with Gasteiger partial charge in [-0.1, -0.05) is 6.07 Å². The maximum atomic E-state index is 12.9. The highest BCUT2D eigenvalue weighted by Gasteiger charge is 2.22. The number of amides is 1. The molecule has 0 bridgehead atoms. The molecule has 34 heavy (non-hydrogen) atoms. The molecule has 2 N–H and O–H groups in total. The van der Waals surface area contributed by atoms with Crippen LogP contribution in [0.5, 0.6) is 5.75 Å². The van der Waals surface area contributed by atoms with E-state index in [2.05, 4.69) is 15.0 Å². The monoisotopic (exact) mass is 479 g/mol. The quantitative estimate of drug-likeness (QED) is 0.390. The van der Waals surface area contributed by atoms with Gasteiger partial charge in [0.1, 0.15) is 16.2 Å². The number of fused-ring (bicyclic) bond motifs is 1. The number of nitrogens with one attached hydrogen (secondary N) is 2. The second kappa shape index (κ2) is 9.46. The Morgan fingerprint density at radius 3 is 2.65 bits per heavy atom. The van der Waals surface area contributed by atoms with Crippen molar-refractivity contribution in [3.8, 4) is 5.75 Å². The molecule has 0 aliphatic carbocycles. The molecule has 0 spiro atoms. The van der Waals surface area contributed by atoms with Gasteiger partial charge in [0, 0.05) is 35.0 Å². The summed E-state index contributed by atoms with van der Waals surface area (Å²) in [6.45, 7) is 1.77. The van der Waals surface area contributed by atoms with Crippen LogP contribution in [0.4, 0.5) is 5.69 Å². The van der Waals surface area contributed by atoms with E-state index in [0.29, 0.717) is 17.0 Å². The van der Waals surface area contributed by atoms with E-state index >= 15 is 0 Å². The van der Waals surface area contributed by atoms with Crippen molar-refractivity contribution in [2.75, 3.05) is 12.4 Å². The number of anilines is 1. The van der Waals surface area contributed by atoms with Crippen molar-refractivity contribution >= 4 is 32.6 Å². The number of benzene rings is 2. The number of hydrogen-bond donors (Lipinski definition) is 2. The Kier molecular flexibility index (Phi) is 6.44. The van der Waals surface area contributed by atoms with Gasteiger partial charge in [0.15, 0.2) is 0 Å². The Labute approximate surface area is 195 Å². The lowest BCUT2D eigenvalue weighted by molar-refractivity contribution is 0.102. The molecule has 0 atom stereocenters. The maximum absolute atomic E-state index is 12.9. The lowest BCUT2D eigenvalue weighted by Gasteiger charge is -2.13. The number of sulfonamides is 1. The summed E-state index contributed by atoms with van der Waals surface area (Å²) < 4.78 is 38.8. The van der Waals surface area contributed by atoms with Crippen molar-refractivity contribution in [1.29, 1.82) is 0 Å². The Morgan fingerprint density at radius 2 is 1.91 bits per heavy atom. The summed E-state index contributed by atoms with van der Waals surface area (Å²) in [6.07, 6.45) is 1.56. The highest BCUT2D eigenvalue weighted by atomic mass is 32.2. The lowest BCUT2D eigenvalue weighted by Crippen LogP contribution is -2.24. The summed E-state index contributed by atoms with van der Waals surface area (Å²) in [6, 6.07) is 15.6. The number of pyridine rings is 1. The standard InChI is InChI=1S/C24H21N3O6S/c1-15-11-23(28)33-21-13-17(7-8-19(15)21)27-24(29)16-6-9-20(32-2)22(12-16)34(30,31)26-14-18-5-3-4-10-25-18/h3-13,26H,14H2,1-2H3,(H,27,29). The molecule has 0 saturated carbocycles. The number of aromatic nitrogens is 1. The normalized spacial score (nSPS) is 11.4. The average molecular weight is 480 g/mol. The van der Waals surface area contributed by atoms with E-state index in [9.17, 15) is 18.0 Å². The SMILES string of the molecule is COc1ccc(C(=O)Nc2ccc3c(C)cc(=O)oc3c2)cc1S(=O)(=O)NCc1ccccn1. The molecule has 2 aromatic heterocycles. The first-order chi connectivity index (χ1) is 16.3. The molecule has 1 amide bonds. The minimum absolute atomic E-state index is 0.0234. The van der Waals surface area contributed by atoms with Crippen LogP contribution in [0.3, 0.4) is 0 Å². The smallest absolute Gasteiger partial charge is 0.336 e. The predicted molar refractivity (Wildman–Crippen MR) is 126 cm³/mol. The van der Waals surface area contributed by atoms with Crippen LogP contribution in [-0.2, 0) is 16.6 Å². The van der Waals surface area contributed by atoms with E-state index < -0.39 is 21.6 Å². The van der Waals surface area contributed by atoms with Crippen LogP contribution in [0.1, 0.15) is 21.6 Å². The first kappa shape index (κ1) is 23.1. The van der Waals surface area contributed by atoms with Gasteiger partial charge in [-0.25, -0.2) is 17.9 Å². The fraction of sp³-hybridized carbons (Fsp3) is 0.125. The molecule has 0 unspecified atom stereocenters. The van der Waals surface area contributed by atoms with E-state index in [1.807, 2.05) is 0 Å². The maximum Gasteiger partial charge on any atom is 0.336 e. The third kappa shape index (κ3) is 4.98. The van der Waals surface area contributed by atoms with E-state index in [0.717, 1.165) is 10.9 Å².